The fourth-order valence-corrected chi connectivity index (χ4v) is 4.03. The number of alkyl halides is 2. The van der Waals surface area contributed by atoms with Crippen molar-refractivity contribution in [1.29, 1.82) is 0 Å². The lowest BCUT2D eigenvalue weighted by Crippen LogP contribution is -2.34. The monoisotopic (exact) mass is 410 g/mol. The zero-order valence-electron chi connectivity index (χ0n) is 14.2. The Labute approximate surface area is 159 Å². The summed E-state index contributed by atoms with van der Waals surface area (Å²) in [7, 11) is 0. The Morgan fingerprint density at radius 2 is 1.81 bits per heavy atom. The van der Waals surface area contributed by atoms with E-state index in [4.69, 9.17) is 27.9 Å². The molecule has 1 aromatic rings. The van der Waals surface area contributed by atoms with Gasteiger partial charge in [-0.15, -0.1) is 23.2 Å². The van der Waals surface area contributed by atoms with Crippen LogP contribution in [0.3, 0.4) is 0 Å². The number of halogens is 5. The second kappa shape index (κ2) is 9.09. The number of ether oxygens (including phenoxy) is 1. The number of hydrogen-bond donors (Lipinski definition) is 0. The highest BCUT2D eigenvalue weighted by Crippen LogP contribution is 2.40. The smallest absolute Gasteiger partial charge is 0.168 e. The van der Waals surface area contributed by atoms with Crippen molar-refractivity contribution in [1.82, 2.24) is 0 Å². The van der Waals surface area contributed by atoms with E-state index >= 15 is 0 Å². The molecule has 8 heteroatoms. The molecule has 0 N–H and O–H groups in total. The fourth-order valence-electron chi connectivity index (χ4n) is 3.29. The first-order chi connectivity index (χ1) is 12.3. The maximum Gasteiger partial charge on any atom is 0.168 e. The molecule has 1 aliphatic rings. The van der Waals surface area contributed by atoms with Gasteiger partial charge in [-0.3, -0.25) is 9.59 Å². The third-order valence-corrected chi connectivity index (χ3v) is 4.99. The molecule has 1 unspecified atom stereocenters. The maximum atomic E-state index is 14.3. The van der Waals surface area contributed by atoms with Crippen molar-refractivity contribution in [2.24, 2.45) is 5.92 Å². The van der Waals surface area contributed by atoms with Crippen molar-refractivity contribution in [3.63, 3.8) is 0 Å². The van der Waals surface area contributed by atoms with Crippen molar-refractivity contribution in [3.05, 3.63) is 29.1 Å². The van der Waals surface area contributed by atoms with E-state index < -0.39 is 46.2 Å². The molecule has 3 nitrogen and oxygen atoms in total. The summed E-state index contributed by atoms with van der Waals surface area (Å²) in [5.41, 5.74) is -0.652. The highest BCUT2D eigenvalue weighted by molar-refractivity contribution is 6.22. The molecule has 0 heterocycles. The number of ketones is 2. The minimum Gasteiger partial charge on any atom is -0.490 e. The summed E-state index contributed by atoms with van der Waals surface area (Å²) in [4.78, 5) is 25.1. The Morgan fingerprint density at radius 3 is 2.35 bits per heavy atom. The van der Waals surface area contributed by atoms with Crippen molar-refractivity contribution < 1.29 is 27.5 Å². The Balaban J connectivity index is 2.33. The Hall–Kier alpha value is -1.27. The molecule has 1 atom stereocenters. The second-order valence-electron chi connectivity index (χ2n) is 6.28. The van der Waals surface area contributed by atoms with Gasteiger partial charge >= 0.3 is 0 Å². The van der Waals surface area contributed by atoms with E-state index in [2.05, 4.69) is 0 Å². The standard InChI is InChI=1S/C18H19Cl2F3O3/c1-2-26-18-12(22)8-11(21)17(23)16(18)15-13(24)6-9(7-14(15)25)5-10(20)3-4-19/h8-10,15H,2-7H2,1H3. The van der Waals surface area contributed by atoms with Gasteiger partial charge in [0.15, 0.2) is 23.2 Å². The number of carbonyl (C=O) groups is 2. The van der Waals surface area contributed by atoms with Crippen LogP contribution in [0.1, 0.15) is 44.1 Å². The van der Waals surface area contributed by atoms with Crippen molar-refractivity contribution in [2.75, 3.05) is 12.5 Å². The topological polar surface area (TPSA) is 43.4 Å². The molecule has 1 aliphatic carbocycles. The predicted molar refractivity (Wildman–Crippen MR) is 92.6 cm³/mol. The highest BCUT2D eigenvalue weighted by atomic mass is 35.5. The van der Waals surface area contributed by atoms with Crippen LogP contribution in [-0.4, -0.2) is 29.4 Å². The molecule has 0 radical (unpaired) electrons. The zero-order valence-corrected chi connectivity index (χ0v) is 15.7. The molecule has 0 aliphatic heterocycles. The Morgan fingerprint density at radius 1 is 1.19 bits per heavy atom. The predicted octanol–water partition coefficient (Wildman–Crippen LogP) is 4.76. The van der Waals surface area contributed by atoms with E-state index in [0.717, 1.165) is 0 Å². The van der Waals surface area contributed by atoms with E-state index in [0.29, 0.717) is 24.8 Å². The number of benzene rings is 1. The molecule has 0 bridgehead atoms. The molecular weight excluding hydrogens is 392 g/mol. The minimum absolute atomic E-state index is 0.0228. The van der Waals surface area contributed by atoms with Gasteiger partial charge in [0, 0.05) is 30.2 Å². The average molecular weight is 411 g/mol. The fraction of sp³-hybridized carbons (Fsp3) is 0.556. The van der Waals surface area contributed by atoms with Gasteiger partial charge in [0.1, 0.15) is 17.5 Å². The highest BCUT2D eigenvalue weighted by Gasteiger charge is 2.41. The molecule has 26 heavy (non-hydrogen) atoms. The van der Waals surface area contributed by atoms with Crippen molar-refractivity contribution in [2.45, 2.75) is 43.9 Å². The average Bonchev–Trinajstić information content (AvgIpc) is 2.54. The quantitative estimate of drug-likeness (QED) is 0.369. The van der Waals surface area contributed by atoms with Gasteiger partial charge in [-0.25, -0.2) is 13.2 Å². The molecule has 1 fully saturated rings. The van der Waals surface area contributed by atoms with Crippen LogP contribution in [0.15, 0.2) is 6.07 Å². The molecule has 0 aromatic heterocycles. The first kappa shape index (κ1) is 21.0. The summed E-state index contributed by atoms with van der Waals surface area (Å²) < 4.78 is 47.1. The van der Waals surface area contributed by atoms with Crippen LogP contribution in [0, 0.1) is 23.4 Å². The molecule has 2 rings (SSSR count). The zero-order chi connectivity index (χ0) is 19.4. The molecule has 0 amide bonds. The van der Waals surface area contributed by atoms with Crippen LogP contribution in [0.5, 0.6) is 5.75 Å². The number of rotatable bonds is 7. The summed E-state index contributed by atoms with van der Waals surface area (Å²) in [5.74, 6) is -7.33. The van der Waals surface area contributed by atoms with Gasteiger partial charge in [-0.05, 0) is 25.7 Å². The third-order valence-electron chi connectivity index (χ3n) is 4.37. The van der Waals surface area contributed by atoms with E-state index in [-0.39, 0.29) is 30.7 Å². The van der Waals surface area contributed by atoms with Crippen LogP contribution < -0.4 is 4.74 Å². The van der Waals surface area contributed by atoms with E-state index in [1.54, 1.807) is 0 Å². The van der Waals surface area contributed by atoms with E-state index in [1.807, 2.05) is 0 Å². The minimum atomic E-state index is -1.57. The molecule has 0 spiro atoms. The molecule has 0 saturated heterocycles. The molecule has 1 saturated carbocycles. The first-order valence-corrected chi connectivity index (χ1v) is 9.32. The van der Waals surface area contributed by atoms with Gasteiger partial charge in [0.2, 0.25) is 0 Å². The van der Waals surface area contributed by atoms with Gasteiger partial charge in [-0.2, -0.15) is 0 Å². The van der Waals surface area contributed by atoms with Crippen molar-refractivity contribution in [3.8, 4) is 5.75 Å². The van der Waals surface area contributed by atoms with Crippen molar-refractivity contribution >= 4 is 34.8 Å². The Kier molecular flexibility index (Phi) is 7.35. The second-order valence-corrected chi connectivity index (χ2v) is 7.28. The molecule has 144 valence electrons. The SMILES string of the molecule is CCOc1c(F)cc(F)c(F)c1C1C(=O)CC(CC(Cl)CCCl)CC1=O. The summed E-state index contributed by atoms with van der Waals surface area (Å²) in [5, 5.41) is -0.281. The van der Waals surface area contributed by atoms with E-state index in [1.165, 1.54) is 6.92 Å². The first-order valence-electron chi connectivity index (χ1n) is 8.35. The number of carbonyl (C=O) groups excluding carboxylic acids is 2. The van der Waals surface area contributed by atoms with Crippen LogP contribution in [0.25, 0.3) is 0 Å². The maximum absolute atomic E-state index is 14.3. The number of hydrogen-bond acceptors (Lipinski definition) is 3. The van der Waals surface area contributed by atoms with Gasteiger partial charge in [0.25, 0.3) is 0 Å². The van der Waals surface area contributed by atoms with Crippen LogP contribution in [0.4, 0.5) is 13.2 Å². The van der Waals surface area contributed by atoms with Crippen LogP contribution in [-0.2, 0) is 9.59 Å². The summed E-state index contributed by atoms with van der Waals surface area (Å²) >= 11 is 11.7. The summed E-state index contributed by atoms with van der Waals surface area (Å²) in [6.07, 6.45) is 0.899. The lowest BCUT2D eigenvalue weighted by atomic mass is 9.74. The molecular formula is C18H19Cl2F3O3. The lowest BCUT2D eigenvalue weighted by molar-refractivity contribution is -0.133. The lowest BCUT2D eigenvalue weighted by Gasteiger charge is -2.29. The van der Waals surface area contributed by atoms with E-state index in [9.17, 15) is 22.8 Å². The third kappa shape index (κ3) is 4.52. The normalized spacial score (nSPS) is 21.8. The largest absolute Gasteiger partial charge is 0.490 e. The molecule has 1 aromatic carbocycles. The van der Waals surface area contributed by atoms with Gasteiger partial charge in [0.05, 0.1) is 12.2 Å². The summed E-state index contributed by atoms with van der Waals surface area (Å²) in [6, 6.07) is 0.342. The van der Waals surface area contributed by atoms with Crippen LogP contribution in [0.2, 0.25) is 0 Å². The summed E-state index contributed by atoms with van der Waals surface area (Å²) in [6.45, 7) is 1.50. The van der Waals surface area contributed by atoms with Crippen LogP contribution >= 0.6 is 23.2 Å². The van der Waals surface area contributed by atoms with Gasteiger partial charge in [-0.1, -0.05) is 0 Å². The Bertz CT molecular complexity index is 679. The van der Waals surface area contributed by atoms with Gasteiger partial charge < -0.3 is 4.74 Å². The number of Topliss-reactive ketones (excluding diaryl/α,β-unsaturated/α-hetero) is 2.